The summed E-state index contributed by atoms with van der Waals surface area (Å²) in [4.78, 5) is 24.5. The maximum absolute atomic E-state index is 13.7. The molecule has 0 saturated heterocycles. The Morgan fingerprint density at radius 2 is 2.10 bits per heavy atom. The van der Waals surface area contributed by atoms with E-state index in [0.717, 1.165) is 0 Å². The monoisotopic (exact) mass is 282 g/mol. The van der Waals surface area contributed by atoms with Gasteiger partial charge in [0.2, 0.25) is 5.91 Å². The van der Waals surface area contributed by atoms with Crippen LogP contribution in [0.2, 0.25) is 0 Å². The quantitative estimate of drug-likeness (QED) is 0.389. The van der Waals surface area contributed by atoms with Crippen molar-refractivity contribution in [3.05, 3.63) is 35.1 Å². The summed E-state index contributed by atoms with van der Waals surface area (Å²) in [6.07, 6.45) is 0. The first kappa shape index (κ1) is 16.1. The molecular formula is C13H19FN4O2. The van der Waals surface area contributed by atoms with Crippen molar-refractivity contribution in [2.24, 2.45) is 5.84 Å². The highest BCUT2D eigenvalue weighted by molar-refractivity contribution is 5.93. The molecular weight excluding hydrogens is 263 g/mol. The van der Waals surface area contributed by atoms with Crippen LogP contribution in [0.25, 0.3) is 0 Å². The number of hydrogen-bond donors (Lipinski definition) is 3. The molecule has 1 aromatic rings. The average molecular weight is 282 g/mol. The van der Waals surface area contributed by atoms with Crippen molar-refractivity contribution in [3.63, 3.8) is 0 Å². The van der Waals surface area contributed by atoms with E-state index in [0.29, 0.717) is 12.1 Å². The number of nitrogens with two attached hydrogens (primary N) is 1. The maximum Gasteiger partial charge on any atom is 0.265 e. The van der Waals surface area contributed by atoms with Gasteiger partial charge in [-0.25, -0.2) is 10.2 Å². The van der Waals surface area contributed by atoms with E-state index in [9.17, 15) is 14.0 Å². The van der Waals surface area contributed by atoms with E-state index in [1.807, 2.05) is 12.3 Å². The fraction of sp³-hybridized carbons (Fsp3) is 0.385. The van der Waals surface area contributed by atoms with Crippen LogP contribution in [0.4, 0.5) is 4.39 Å². The lowest BCUT2D eigenvalue weighted by molar-refractivity contribution is -0.121. The van der Waals surface area contributed by atoms with Gasteiger partial charge in [0.15, 0.2) is 0 Å². The molecule has 0 aliphatic rings. The molecule has 0 saturated carbocycles. The number of hydrazine groups is 1. The van der Waals surface area contributed by atoms with Crippen molar-refractivity contribution in [3.8, 4) is 0 Å². The van der Waals surface area contributed by atoms with Gasteiger partial charge < -0.3 is 5.32 Å². The number of nitrogens with zero attached hydrogens (tertiary/aromatic N) is 1. The molecule has 0 atom stereocenters. The number of amides is 2. The molecule has 0 aromatic heterocycles. The van der Waals surface area contributed by atoms with Gasteiger partial charge in [0.25, 0.3) is 5.91 Å². The van der Waals surface area contributed by atoms with Crippen LogP contribution in [0.5, 0.6) is 0 Å². The van der Waals surface area contributed by atoms with Gasteiger partial charge >= 0.3 is 0 Å². The fourth-order valence-corrected chi connectivity index (χ4v) is 1.77. The average Bonchev–Trinajstić information content (AvgIpc) is 2.40. The number of carbonyl (C=O) groups is 2. The van der Waals surface area contributed by atoms with E-state index in [4.69, 9.17) is 5.84 Å². The zero-order chi connectivity index (χ0) is 15.1. The first-order valence-electron chi connectivity index (χ1n) is 6.22. The normalized spacial score (nSPS) is 10.4. The predicted octanol–water partition coefficient (Wildman–Crippen LogP) is -0.00290. The summed E-state index contributed by atoms with van der Waals surface area (Å²) in [5.41, 5.74) is 2.60. The number of hydrogen-bond acceptors (Lipinski definition) is 4. The Bertz CT molecular complexity index is 493. The number of likely N-dealkylation sites (N-methyl/N-ethyl adjacent to an activating group) is 2. The van der Waals surface area contributed by atoms with E-state index in [-0.39, 0.29) is 24.6 Å². The summed E-state index contributed by atoms with van der Waals surface area (Å²) >= 11 is 0. The highest BCUT2D eigenvalue weighted by Gasteiger charge is 2.12. The van der Waals surface area contributed by atoms with Crippen LogP contribution in [-0.2, 0) is 11.3 Å². The molecule has 1 rings (SSSR count). The molecule has 0 spiro atoms. The van der Waals surface area contributed by atoms with Gasteiger partial charge in [0, 0.05) is 24.2 Å². The summed E-state index contributed by atoms with van der Waals surface area (Å²) in [5, 5.41) is 2.66. The molecule has 0 heterocycles. The van der Waals surface area contributed by atoms with Gasteiger partial charge in [0.05, 0.1) is 6.54 Å². The van der Waals surface area contributed by atoms with Crippen LogP contribution in [-0.4, -0.2) is 36.9 Å². The van der Waals surface area contributed by atoms with Crippen molar-refractivity contribution < 1.29 is 14.0 Å². The summed E-state index contributed by atoms with van der Waals surface area (Å²) in [6, 6.07) is 3.98. The molecule has 7 heteroatoms. The minimum atomic E-state index is -0.488. The Morgan fingerprint density at radius 3 is 2.70 bits per heavy atom. The van der Waals surface area contributed by atoms with E-state index >= 15 is 0 Å². The topological polar surface area (TPSA) is 87.5 Å². The standard InChI is InChI=1S/C13H19FN4O2/c1-3-16-12(19)8-18(2)7-10-6-9(13(20)17-15)4-5-11(10)14/h4-6H,3,7-8,15H2,1-2H3,(H,16,19)(H,17,20). The predicted molar refractivity (Wildman–Crippen MR) is 73.1 cm³/mol. The number of nitrogen functional groups attached to an aromatic ring is 1. The summed E-state index contributed by atoms with van der Waals surface area (Å²) in [5.74, 6) is 3.99. The van der Waals surface area contributed by atoms with Gasteiger partial charge in [-0.1, -0.05) is 0 Å². The second-order valence-electron chi connectivity index (χ2n) is 4.41. The van der Waals surface area contributed by atoms with Gasteiger partial charge in [0.1, 0.15) is 5.82 Å². The van der Waals surface area contributed by atoms with E-state index in [2.05, 4.69) is 5.32 Å². The van der Waals surface area contributed by atoms with E-state index in [1.165, 1.54) is 18.2 Å². The lowest BCUT2D eigenvalue weighted by Gasteiger charge is -2.17. The Kier molecular flexibility index (Phi) is 6.08. The zero-order valence-electron chi connectivity index (χ0n) is 11.6. The molecule has 20 heavy (non-hydrogen) atoms. The molecule has 0 fully saturated rings. The van der Waals surface area contributed by atoms with E-state index < -0.39 is 11.7 Å². The molecule has 110 valence electrons. The summed E-state index contributed by atoms with van der Waals surface area (Å²) in [7, 11) is 1.70. The first-order chi connectivity index (χ1) is 9.47. The van der Waals surface area contributed by atoms with Crippen molar-refractivity contribution in [2.45, 2.75) is 13.5 Å². The SMILES string of the molecule is CCNC(=O)CN(C)Cc1cc(C(=O)NN)ccc1F. The molecule has 0 radical (unpaired) electrons. The largest absolute Gasteiger partial charge is 0.355 e. The maximum atomic E-state index is 13.7. The number of carbonyl (C=O) groups excluding carboxylic acids is 2. The second-order valence-corrected chi connectivity index (χ2v) is 4.41. The molecule has 0 bridgehead atoms. The summed E-state index contributed by atoms with van der Waals surface area (Å²) in [6.45, 7) is 2.74. The minimum absolute atomic E-state index is 0.133. The van der Waals surface area contributed by atoms with Crippen molar-refractivity contribution in [1.29, 1.82) is 0 Å². The zero-order valence-corrected chi connectivity index (χ0v) is 11.6. The molecule has 0 aliphatic carbocycles. The molecule has 6 nitrogen and oxygen atoms in total. The minimum Gasteiger partial charge on any atom is -0.355 e. The molecule has 2 amide bonds. The van der Waals surface area contributed by atoms with Crippen molar-refractivity contribution >= 4 is 11.8 Å². The van der Waals surface area contributed by atoms with Crippen LogP contribution in [0.15, 0.2) is 18.2 Å². The van der Waals surface area contributed by atoms with Gasteiger partial charge in [-0.05, 0) is 32.2 Å². The van der Waals surface area contributed by atoms with Crippen LogP contribution in [0.1, 0.15) is 22.8 Å². The molecule has 1 aromatic carbocycles. The number of nitrogens with one attached hydrogen (secondary N) is 2. The van der Waals surface area contributed by atoms with Gasteiger partial charge in [-0.2, -0.15) is 0 Å². The van der Waals surface area contributed by atoms with Crippen LogP contribution >= 0.6 is 0 Å². The highest BCUT2D eigenvalue weighted by Crippen LogP contribution is 2.12. The van der Waals surface area contributed by atoms with Crippen LogP contribution in [0.3, 0.4) is 0 Å². The third kappa shape index (κ3) is 4.60. The summed E-state index contributed by atoms with van der Waals surface area (Å²) < 4.78 is 13.7. The molecule has 0 unspecified atom stereocenters. The number of benzene rings is 1. The van der Waals surface area contributed by atoms with Gasteiger partial charge in [-0.15, -0.1) is 0 Å². The van der Waals surface area contributed by atoms with Crippen molar-refractivity contribution in [2.75, 3.05) is 20.1 Å². The lowest BCUT2D eigenvalue weighted by atomic mass is 10.1. The number of halogens is 1. The van der Waals surface area contributed by atoms with Crippen LogP contribution in [0, 0.1) is 5.82 Å². The molecule has 4 N–H and O–H groups in total. The highest BCUT2D eigenvalue weighted by atomic mass is 19.1. The lowest BCUT2D eigenvalue weighted by Crippen LogP contribution is -2.35. The second kappa shape index (κ2) is 7.56. The van der Waals surface area contributed by atoms with Crippen molar-refractivity contribution in [1.82, 2.24) is 15.6 Å². The fourth-order valence-electron chi connectivity index (χ4n) is 1.77. The van der Waals surface area contributed by atoms with Crippen LogP contribution < -0.4 is 16.6 Å². The number of rotatable bonds is 6. The molecule has 0 aliphatic heterocycles. The Morgan fingerprint density at radius 1 is 1.40 bits per heavy atom. The first-order valence-corrected chi connectivity index (χ1v) is 6.22. The van der Waals surface area contributed by atoms with Gasteiger partial charge in [-0.3, -0.25) is 19.9 Å². The Balaban J connectivity index is 2.75. The van der Waals surface area contributed by atoms with E-state index in [1.54, 1.807) is 11.9 Å². The third-order valence-corrected chi connectivity index (χ3v) is 2.67. The third-order valence-electron chi connectivity index (χ3n) is 2.67. The Hall–Kier alpha value is -1.99. The Labute approximate surface area is 117 Å². The smallest absolute Gasteiger partial charge is 0.265 e.